The molecule has 0 bridgehead atoms. The van der Waals surface area contributed by atoms with Crippen molar-refractivity contribution in [3.63, 3.8) is 0 Å². The fourth-order valence-electron chi connectivity index (χ4n) is 3.23. The normalized spacial score (nSPS) is 36.2. The van der Waals surface area contributed by atoms with E-state index in [4.69, 9.17) is 0 Å². The van der Waals surface area contributed by atoms with Crippen molar-refractivity contribution in [2.45, 2.75) is 74.1 Å². The van der Waals surface area contributed by atoms with Crippen LogP contribution in [0.1, 0.15) is 74.1 Å². The Labute approximate surface area is 104 Å². The molecule has 1 saturated carbocycles. The molecule has 5 unspecified atom stereocenters. The Morgan fingerprint density at radius 1 is 0.938 bits per heavy atom. The minimum absolute atomic E-state index is 0.924. The second-order valence-corrected chi connectivity index (χ2v) is 6.06. The van der Waals surface area contributed by atoms with Crippen LogP contribution in [0.5, 0.6) is 0 Å². The predicted molar refractivity (Wildman–Crippen MR) is 75.6 cm³/mol. The molecular weight excluding hydrogens is 192 g/mol. The van der Waals surface area contributed by atoms with Crippen molar-refractivity contribution in [1.82, 2.24) is 0 Å². The molecule has 0 nitrogen and oxygen atoms in total. The zero-order chi connectivity index (χ0) is 12.7. The second-order valence-electron chi connectivity index (χ2n) is 6.06. The molecule has 0 N–H and O–H groups in total. The Morgan fingerprint density at radius 2 is 1.38 bits per heavy atom. The highest BCUT2D eigenvalue weighted by atomic mass is 14.4. The first-order valence-electron chi connectivity index (χ1n) is 7.49. The van der Waals surface area contributed by atoms with E-state index in [9.17, 15) is 0 Å². The molecule has 98 valence electrons. The van der Waals surface area contributed by atoms with Crippen LogP contribution in [0.4, 0.5) is 0 Å². The quantitative estimate of drug-likeness (QED) is 0.561. The van der Waals surface area contributed by atoms with Gasteiger partial charge in [-0.1, -0.05) is 74.1 Å². The zero-order valence-electron chi connectivity index (χ0n) is 12.7. The summed E-state index contributed by atoms with van der Waals surface area (Å²) >= 11 is 0. The zero-order valence-corrected chi connectivity index (χ0v) is 12.7. The van der Waals surface area contributed by atoms with Gasteiger partial charge in [0.15, 0.2) is 0 Å². The monoisotopic (exact) mass is 226 g/mol. The molecule has 1 aliphatic rings. The molecule has 0 radical (unpaired) electrons. The summed E-state index contributed by atoms with van der Waals surface area (Å²) in [6.45, 7) is 16.4. The van der Waals surface area contributed by atoms with Gasteiger partial charge in [-0.2, -0.15) is 0 Å². The maximum absolute atomic E-state index is 2.47. The van der Waals surface area contributed by atoms with E-state index in [0.29, 0.717) is 0 Å². The van der Waals surface area contributed by atoms with E-state index in [1.165, 1.54) is 25.7 Å². The maximum atomic E-state index is 2.47. The lowest BCUT2D eigenvalue weighted by atomic mass is 9.64. The highest BCUT2D eigenvalue weighted by Crippen LogP contribution is 2.42. The Balaban J connectivity index is 0.000000673. The van der Waals surface area contributed by atoms with Crippen molar-refractivity contribution in [3.8, 4) is 0 Å². The molecule has 0 aromatic rings. The Kier molecular flexibility index (Phi) is 8.14. The first-order valence-corrected chi connectivity index (χ1v) is 7.49. The van der Waals surface area contributed by atoms with Gasteiger partial charge in [-0.15, -0.1) is 0 Å². The van der Waals surface area contributed by atoms with Crippen molar-refractivity contribution < 1.29 is 0 Å². The van der Waals surface area contributed by atoms with Gasteiger partial charge in [-0.3, -0.25) is 0 Å². The third-order valence-electron chi connectivity index (χ3n) is 4.54. The summed E-state index contributed by atoms with van der Waals surface area (Å²) in [5.74, 6) is 4.76. The van der Waals surface area contributed by atoms with Crippen LogP contribution in [0.15, 0.2) is 0 Å². The van der Waals surface area contributed by atoms with E-state index in [1.807, 2.05) is 0 Å². The summed E-state index contributed by atoms with van der Waals surface area (Å²) < 4.78 is 0. The molecular formula is C16H34. The average Bonchev–Trinajstić information content (AvgIpc) is 2.25. The van der Waals surface area contributed by atoms with Crippen molar-refractivity contribution in [3.05, 3.63) is 0 Å². The van der Waals surface area contributed by atoms with E-state index in [-0.39, 0.29) is 0 Å². The molecule has 0 aromatic carbocycles. The number of hydrogen-bond donors (Lipinski definition) is 0. The molecule has 0 aromatic heterocycles. The molecule has 1 rings (SSSR count). The van der Waals surface area contributed by atoms with Crippen LogP contribution in [-0.4, -0.2) is 0 Å². The lowest BCUT2D eigenvalue weighted by Gasteiger charge is -2.42. The average molecular weight is 226 g/mol. The number of rotatable bonds is 2. The minimum atomic E-state index is 0.924. The molecule has 16 heavy (non-hydrogen) atoms. The molecule has 1 aliphatic carbocycles. The van der Waals surface area contributed by atoms with Crippen LogP contribution in [0.3, 0.4) is 0 Å². The summed E-state index contributed by atoms with van der Waals surface area (Å²) in [5.41, 5.74) is 0. The van der Waals surface area contributed by atoms with Crippen LogP contribution >= 0.6 is 0 Å². The number of hydrogen-bond acceptors (Lipinski definition) is 0. The molecule has 0 amide bonds. The van der Waals surface area contributed by atoms with Gasteiger partial charge in [0.25, 0.3) is 0 Å². The second kappa shape index (κ2) is 8.14. The van der Waals surface area contributed by atoms with Gasteiger partial charge >= 0.3 is 0 Å². The highest BCUT2D eigenvalue weighted by molar-refractivity contribution is 4.84. The van der Waals surface area contributed by atoms with Gasteiger partial charge in [0.2, 0.25) is 0 Å². The first-order chi connectivity index (χ1) is 7.49. The summed E-state index contributed by atoms with van der Waals surface area (Å²) in [7, 11) is 0. The molecule has 5 atom stereocenters. The van der Waals surface area contributed by atoms with Crippen LogP contribution in [0.25, 0.3) is 0 Å². The minimum Gasteiger partial charge on any atom is -0.0656 e. The van der Waals surface area contributed by atoms with Gasteiger partial charge < -0.3 is 0 Å². The van der Waals surface area contributed by atoms with Crippen molar-refractivity contribution in [1.29, 1.82) is 0 Å². The summed E-state index contributed by atoms with van der Waals surface area (Å²) in [6.07, 6.45) is 5.52. The molecule has 0 heteroatoms. The third kappa shape index (κ3) is 4.47. The molecule has 0 aliphatic heterocycles. The van der Waals surface area contributed by atoms with Gasteiger partial charge in [0.05, 0.1) is 0 Å². The maximum Gasteiger partial charge on any atom is -0.0334 e. The fourth-order valence-corrected chi connectivity index (χ4v) is 3.23. The van der Waals surface area contributed by atoms with Crippen LogP contribution in [0, 0.1) is 29.6 Å². The summed E-state index contributed by atoms with van der Waals surface area (Å²) in [4.78, 5) is 0. The SMILES string of the molecule is CCC.CCC(C)C1C(C)CCC(C)C1C. The largest absolute Gasteiger partial charge is 0.0656 e. The predicted octanol–water partition coefficient (Wildman–Crippen LogP) is 5.77. The van der Waals surface area contributed by atoms with Crippen molar-refractivity contribution in [2.24, 2.45) is 29.6 Å². The smallest absolute Gasteiger partial charge is 0.0334 e. The Hall–Kier alpha value is 0. The third-order valence-corrected chi connectivity index (χ3v) is 4.54. The van der Waals surface area contributed by atoms with E-state index in [1.54, 1.807) is 0 Å². The highest BCUT2D eigenvalue weighted by Gasteiger charge is 2.34. The lowest BCUT2D eigenvalue weighted by molar-refractivity contribution is 0.0748. The first kappa shape index (κ1) is 16.0. The van der Waals surface area contributed by atoms with Gasteiger partial charge in [-0.05, 0) is 29.6 Å². The Morgan fingerprint density at radius 3 is 1.81 bits per heavy atom. The van der Waals surface area contributed by atoms with Gasteiger partial charge in [0.1, 0.15) is 0 Å². The summed E-state index contributed by atoms with van der Waals surface area (Å²) in [6, 6.07) is 0. The molecule has 0 saturated heterocycles. The van der Waals surface area contributed by atoms with E-state index >= 15 is 0 Å². The van der Waals surface area contributed by atoms with Crippen molar-refractivity contribution in [2.75, 3.05) is 0 Å². The standard InChI is InChI=1S/C13H26.C3H8/c1-6-9(2)13-11(4)8-7-10(3)12(13)5;1-3-2/h9-13H,6-8H2,1-5H3;3H2,1-2H3. The Bertz CT molecular complexity index is 157. The van der Waals surface area contributed by atoms with Crippen LogP contribution in [0.2, 0.25) is 0 Å². The van der Waals surface area contributed by atoms with Crippen molar-refractivity contribution >= 4 is 0 Å². The van der Waals surface area contributed by atoms with Gasteiger partial charge in [0, 0.05) is 0 Å². The lowest BCUT2D eigenvalue weighted by Crippen LogP contribution is -2.34. The van der Waals surface area contributed by atoms with E-state index in [0.717, 1.165) is 29.6 Å². The van der Waals surface area contributed by atoms with Crippen LogP contribution < -0.4 is 0 Å². The van der Waals surface area contributed by atoms with Crippen LogP contribution in [-0.2, 0) is 0 Å². The molecule has 0 heterocycles. The topological polar surface area (TPSA) is 0 Å². The molecule has 1 fully saturated rings. The molecule has 0 spiro atoms. The van der Waals surface area contributed by atoms with Gasteiger partial charge in [-0.25, -0.2) is 0 Å². The van der Waals surface area contributed by atoms with E-state index in [2.05, 4.69) is 48.5 Å². The fraction of sp³-hybridized carbons (Fsp3) is 1.00. The summed E-state index contributed by atoms with van der Waals surface area (Å²) in [5, 5.41) is 0. The van der Waals surface area contributed by atoms with E-state index < -0.39 is 0 Å².